The average molecular weight is 410 g/mol. The number of nitriles is 1. The van der Waals surface area contributed by atoms with Crippen LogP contribution in [0.25, 0.3) is 11.0 Å². The van der Waals surface area contributed by atoms with E-state index in [1.54, 1.807) is 18.5 Å². The first-order chi connectivity index (χ1) is 14.4. The van der Waals surface area contributed by atoms with Gasteiger partial charge in [0.25, 0.3) is 0 Å². The Kier molecular flexibility index (Phi) is 6.77. The first-order valence-electron chi connectivity index (χ1n) is 10.2. The number of imidazole rings is 1. The summed E-state index contributed by atoms with van der Waals surface area (Å²) in [6.07, 6.45) is 4.60. The van der Waals surface area contributed by atoms with Crippen molar-refractivity contribution in [3.63, 3.8) is 0 Å². The molecule has 3 heterocycles. The highest BCUT2D eigenvalue weighted by Crippen LogP contribution is 2.21. The Morgan fingerprint density at radius 1 is 1.40 bits per heavy atom. The van der Waals surface area contributed by atoms with Crippen LogP contribution < -0.4 is 10.6 Å². The maximum atomic E-state index is 12.9. The molecule has 2 aromatic rings. The summed E-state index contributed by atoms with van der Waals surface area (Å²) in [5, 5.41) is 14.9. The Bertz CT molecular complexity index is 944. The second kappa shape index (κ2) is 9.48. The lowest BCUT2D eigenvalue weighted by molar-refractivity contribution is -0.127. The molecular formula is C21H26N6O3. The predicted molar refractivity (Wildman–Crippen MR) is 109 cm³/mol. The molecule has 0 radical (unpaired) electrons. The lowest BCUT2D eigenvalue weighted by atomic mass is 9.90. The van der Waals surface area contributed by atoms with Gasteiger partial charge in [0.2, 0.25) is 11.8 Å². The van der Waals surface area contributed by atoms with Gasteiger partial charge in [-0.1, -0.05) is 13.8 Å². The minimum Gasteiger partial charge on any atom is -0.356 e. The van der Waals surface area contributed by atoms with Gasteiger partial charge in [-0.3, -0.25) is 19.4 Å². The lowest BCUT2D eigenvalue weighted by Crippen LogP contribution is -2.41. The van der Waals surface area contributed by atoms with E-state index < -0.39 is 12.0 Å². The molecule has 0 aromatic carbocycles. The van der Waals surface area contributed by atoms with E-state index in [-0.39, 0.29) is 48.1 Å². The monoisotopic (exact) mass is 410 g/mol. The molecule has 30 heavy (non-hydrogen) atoms. The van der Waals surface area contributed by atoms with Gasteiger partial charge in [-0.15, -0.1) is 0 Å². The van der Waals surface area contributed by atoms with Gasteiger partial charge in [0, 0.05) is 31.0 Å². The van der Waals surface area contributed by atoms with E-state index in [4.69, 9.17) is 0 Å². The van der Waals surface area contributed by atoms with Gasteiger partial charge in [0.15, 0.2) is 11.6 Å². The topological polar surface area (TPSA) is 141 Å². The molecule has 158 valence electrons. The van der Waals surface area contributed by atoms with E-state index in [0.29, 0.717) is 30.4 Å². The fraction of sp³-hybridized carbons (Fsp3) is 0.524. The summed E-state index contributed by atoms with van der Waals surface area (Å²) >= 11 is 0. The van der Waals surface area contributed by atoms with Gasteiger partial charge in [0.1, 0.15) is 6.04 Å². The Balaban J connectivity index is 1.67. The smallest absolute Gasteiger partial charge is 0.224 e. The molecule has 3 N–H and O–H groups in total. The molecule has 0 bridgehead atoms. The molecule has 1 aliphatic heterocycles. The number of aromatic amines is 1. The number of nitrogens with zero attached hydrogens (tertiary/aromatic N) is 3. The van der Waals surface area contributed by atoms with Crippen molar-refractivity contribution in [1.29, 1.82) is 5.26 Å². The molecular weight excluding hydrogens is 384 g/mol. The minimum atomic E-state index is -0.770. The fourth-order valence-corrected chi connectivity index (χ4v) is 3.75. The van der Waals surface area contributed by atoms with Crippen LogP contribution >= 0.6 is 0 Å². The SMILES string of the molecule is CC(C)C[C@H](CC(=O)c1nc2ccncc2[nH]1)C(=O)N[C@H](C#N)C[C@@H]1CCNC1=O. The van der Waals surface area contributed by atoms with Gasteiger partial charge in [-0.25, -0.2) is 4.98 Å². The molecule has 9 nitrogen and oxygen atoms in total. The predicted octanol–water partition coefficient (Wildman–Crippen LogP) is 1.73. The molecule has 1 saturated heterocycles. The first kappa shape index (κ1) is 21.4. The normalized spacial score (nSPS) is 18.1. The molecule has 3 atom stereocenters. The number of H-pyrrole nitrogens is 1. The van der Waals surface area contributed by atoms with Gasteiger partial charge < -0.3 is 15.6 Å². The number of Topliss-reactive ketones (excluding diaryl/α,β-unsaturated/α-hetero) is 1. The largest absolute Gasteiger partial charge is 0.356 e. The molecule has 3 rings (SSSR count). The molecule has 2 amide bonds. The maximum absolute atomic E-state index is 12.9. The molecule has 0 saturated carbocycles. The number of hydrogen-bond acceptors (Lipinski definition) is 6. The molecule has 2 aromatic heterocycles. The van der Waals surface area contributed by atoms with Gasteiger partial charge in [-0.2, -0.15) is 5.26 Å². The quantitative estimate of drug-likeness (QED) is 0.538. The number of amides is 2. The third kappa shape index (κ3) is 5.20. The highest BCUT2D eigenvalue weighted by atomic mass is 16.2. The summed E-state index contributed by atoms with van der Waals surface area (Å²) in [6, 6.07) is 3.00. The number of pyridine rings is 1. The van der Waals surface area contributed by atoms with Crippen LogP contribution in [0.5, 0.6) is 0 Å². The van der Waals surface area contributed by atoms with Crippen LogP contribution in [-0.2, 0) is 9.59 Å². The third-order valence-electron chi connectivity index (χ3n) is 5.26. The van der Waals surface area contributed by atoms with Crippen molar-refractivity contribution in [2.24, 2.45) is 17.8 Å². The summed E-state index contributed by atoms with van der Waals surface area (Å²) in [5.41, 5.74) is 1.29. The number of aromatic nitrogens is 3. The van der Waals surface area contributed by atoms with Crippen LogP contribution in [0.4, 0.5) is 0 Å². The summed E-state index contributed by atoms with van der Waals surface area (Å²) in [6.45, 7) is 4.54. The average Bonchev–Trinajstić information content (AvgIpc) is 3.32. The molecule has 1 fully saturated rings. The number of carbonyl (C=O) groups excluding carboxylic acids is 3. The van der Waals surface area contributed by atoms with Crippen molar-refractivity contribution < 1.29 is 14.4 Å². The number of carbonyl (C=O) groups is 3. The summed E-state index contributed by atoms with van der Waals surface area (Å²) in [4.78, 5) is 48.7. The third-order valence-corrected chi connectivity index (χ3v) is 5.26. The number of fused-ring (bicyclic) bond motifs is 1. The van der Waals surface area contributed by atoms with Crippen LogP contribution in [0.15, 0.2) is 18.5 Å². The summed E-state index contributed by atoms with van der Waals surface area (Å²) < 4.78 is 0. The van der Waals surface area contributed by atoms with Crippen LogP contribution in [0.2, 0.25) is 0 Å². The van der Waals surface area contributed by atoms with Crippen LogP contribution in [0, 0.1) is 29.1 Å². The first-order valence-corrected chi connectivity index (χ1v) is 10.2. The van der Waals surface area contributed by atoms with Crippen LogP contribution in [0.3, 0.4) is 0 Å². The van der Waals surface area contributed by atoms with E-state index in [1.165, 1.54) is 0 Å². The Morgan fingerprint density at radius 3 is 2.83 bits per heavy atom. The van der Waals surface area contributed by atoms with Crippen molar-refractivity contribution in [2.45, 2.75) is 45.6 Å². The molecule has 1 aliphatic rings. The highest BCUT2D eigenvalue weighted by Gasteiger charge is 2.30. The second-order valence-corrected chi connectivity index (χ2v) is 8.13. The maximum Gasteiger partial charge on any atom is 0.224 e. The fourth-order valence-electron chi connectivity index (χ4n) is 3.75. The van der Waals surface area contributed by atoms with Crippen LogP contribution in [-0.4, -0.2) is 45.1 Å². The summed E-state index contributed by atoms with van der Waals surface area (Å²) in [7, 11) is 0. The van der Waals surface area contributed by atoms with E-state index in [1.807, 2.05) is 13.8 Å². The lowest BCUT2D eigenvalue weighted by Gasteiger charge is -2.21. The van der Waals surface area contributed by atoms with Gasteiger partial charge in [-0.05, 0) is 31.2 Å². The standard InChI is InChI=1S/C21H26N6O3/c1-12(2)7-14(9-18(28)19-26-16-4-5-23-11-17(16)27-19)21(30)25-15(10-22)8-13-3-6-24-20(13)29/h4-5,11-15H,3,6-9H2,1-2H3,(H,24,29)(H,25,30)(H,26,27)/t13-,14+,15-/m0/s1. The minimum absolute atomic E-state index is 0.0146. The highest BCUT2D eigenvalue weighted by molar-refractivity contribution is 5.98. The van der Waals surface area contributed by atoms with Crippen molar-refractivity contribution in [3.05, 3.63) is 24.3 Å². The van der Waals surface area contributed by atoms with Gasteiger partial charge in [0.05, 0.1) is 23.3 Å². The van der Waals surface area contributed by atoms with Crippen LogP contribution in [0.1, 0.15) is 50.1 Å². The van der Waals surface area contributed by atoms with E-state index in [0.717, 1.165) is 0 Å². The zero-order valence-corrected chi connectivity index (χ0v) is 17.1. The summed E-state index contributed by atoms with van der Waals surface area (Å²) in [5.74, 6) is -1.18. The van der Waals surface area contributed by atoms with Crippen molar-refractivity contribution in [3.8, 4) is 6.07 Å². The number of rotatable bonds is 9. The zero-order chi connectivity index (χ0) is 21.7. The van der Waals surface area contributed by atoms with Crippen molar-refractivity contribution in [2.75, 3.05) is 6.54 Å². The Hall–Kier alpha value is -3.28. The molecule has 0 spiro atoms. The van der Waals surface area contributed by atoms with Crippen molar-refractivity contribution >= 4 is 28.6 Å². The molecule has 9 heteroatoms. The van der Waals surface area contributed by atoms with E-state index >= 15 is 0 Å². The molecule has 0 aliphatic carbocycles. The number of ketones is 1. The van der Waals surface area contributed by atoms with Gasteiger partial charge >= 0.3 is 0 Å². The van der Waals surface area contributed by atoms with E-state index in [2.05, 4.69) is 31.7 Å². The van der Waals surface area contributed by atoms with Crippen molar-refractivity contribution in [1.82, 2.24) is 25.6 Å². The Morgan fingerprint density at radius 2 is 2.20 bits per heavy atom. The molecule has 0 unspecified atom stereocenters. The number of nitrogens with one attached hydrogen (secondary N) is 3. The number of hydrogen-bond donors (Lipinski definition) is 3. The zero-order valence-electron chi connectivity index (χ0n) is 17.1. The second-order valence-electron chi connectivity index (χ2n) is 8.13. The van der Waals surface area contributed by atoms with E-state index in [9.17, 15) is 19.6 Å². The Labute approximate surface area is 174 Å².